The molecule has 4 nitrogen and oxygen atoms in total. The van der Waals surface area contributed by atoms with Gasteiger partial charge in [-0.1, -0.05) is 38.5 Å². The van der Waals surface area contributed by atoms with E-state index in [0.29, 0.717) is 0 Å². The van der Waals surface area contributed by atoms with Gasteiger partial charge >= 0.3 is 5.69 Å². The number of thioether (sulfide) groups is 1. The fourth-order valence-electron chi connectivity index (χ4n) is 2.60. The summed E-state index contributed by atoms with van der Waals surface area (Å²) in [5.74, 6) is 1.85. The minimum atomic E-state index is -0.120. The molecule has 0 aliphatic carbocycles. The van der Waals surface area contributed by atoms with Gasteiger partial charge in [-0.3, -0.25) is 4.57 Å². The van der Waals surface area contributed by atoms with Crippen LogP contribution in [0.3, 0.4) is 0 Å². The summed E-state index contributed by atoms with van der Waals surface area (Å²) in [6.07, 6.45) is 4.68. The van der Waals surface area contributed by atoms with Gasteiger partial charge in [0.25, 0.3) is 0 Å². The molecule has 0 unspecified atom stereocenters. The van der Waals surface area contributed by atoms with Crippen molar-refractivity contribution >= 4 is 24.4 Å². The van der Waals surface area contributed by atoms with Gasteiger partial charge in [0, 0.05) is 11.8 Å². The third kappa shape index (κ3) is 4.32. The lowest BCUT2D eigenvalue weighted by atomic mass is 9.83. The zero-order valence-electron chi connectivity index (χ0n) is 13.0. The Morgan fingerprint density at radius 2 is 1.95 bits per heavy atom. The van der Waals surface area contributed by atoms with Crippen LogP contribution in [0.5, 0.6) is 0 Å². The normalized spacial score (nSPS) is 12.3. The Morgan fingerprint density at radius 1 is 1.35 bits per heavy atom. The van der Waals surface area contributed by atoms with Gasteiger partial charge in [-0.25, -0.2) is 9.89 Å². The summed E-state index contributed by atoms with van der Waals surface area (Å²) in [6, 6.07) is 0.131. The summed E-state index contributed by atoms with van der Waals surface area (Å²) in [5, 5.41) is 7.51. The van der Waals surface area contributed by atoms with E-state index in [1.165, 1.54) is 25.7 Å². The Kier molecular flexibility index (Phi) is 7.23. The van der Waals surface area contributed by atoms with Crippen molar-refractivity contribution in [3.05, 3.63) is 10.5 Å². The van der Waals surface area contributed by atoms with E-state index in [9.17, 15) is 4.79 Å². The monoisotopic (exact) mass is 317 g/mol. The second-order valence-corrected chi connectivity index (χ2v) is 6.98. The Morgan fingerprint density at radius 3 is 2.40 bits per heavy atom. The number of H-pyrrole nitrogens is 1. The molecule has 6 heteroatoms. The van der Waals surface area contributed by atoms with E-state index >= 15 is 0 Å². The van der Waals surface area contributed by atoms with Crippen LogP contribution in [0.4, 0.5) is 0 Å². The maximum Gasteiger partial charge on any atom is 0.344 e. The summed E-state index contributed by atoms with van der Waals surface area (Å²) < 4.78 is 1.73. The molecular weight excluding hydrogens is 290 g/mol. The fraction of sp³-hybridized carbons (Fsp3) is 0.857. The number of rotatable bonds is 9. The first-order valence-corrected chi connectivity index (χ1v) is 9.02. The molecule has 1 aromatic rings. The second kappa shape index (κ2) is 8.17. The number of hydrogen-bond acceptors (Lipinski definition) is 4. The molecule has 0 amide bonds. The summed E-state index contributed by atoms with van der Waals surface area (Å²) in [5.41, 5.74) is 0.124. The first kappa shape index (κ1) is 17.7. The molecule has 0 atom stereocenters. The molecular formula is C14H27N3OS2. The van der Waals surface area contributed by atoms with E-state index in [1.54, 1.807) is 16.3 Å². The minimum Gasteiger partial charge on any atom is -0.268 e. The lowest BCUT2D eigenvalue weighted by Crippen LogP contribution is -2.26. The molecule has 1 rings (SSSR count). The van der Waals surface area contributed by atoms with E-state index in [0.717, 1.165) is 16.7 Å². The summed E-state index contributed by atoms with van der Waals surface area (Å²) in [7, 11) is 0. The van der Waals surface area contributed by atoms with Crippen LogP contribution < -0.4 is 5.69 Å². The molecule has 1 heterocycles. The second-order valence-electron chi connectivity index (χ2n) is 5.72. The molecule has 0 aliphatic rings. The van der Waals surface area contributed by atoms with E-state index in [2.05, 4.69) is 36.7 Å². The van der Waals surface area contributed by atoms with Gasteiger partial charge in [0.1, 0.15) is 0 Å². The van der Waals surface area contributed by atoms with Gasteiger partial charge in [0.15, 0.2) is 5.16 Å². The SMILES string of the molecule is CCCC(CS)(CCC)CSc1n[nH]c(=O)n1C(C)C. The summed E-state index contributed by atoms with van der Waals surface area (Å²) >= 11 is 6.26. The maximum absolute atomic E-state index is 11.7. The van der Waals surface area contributed by atoms with E-state index in [4.69, 9.17) is 0 Å². The maximum atomic E-state index is 11.7. The zero-order valence-corrected chi connectivity index (χ0v) is 14.7. The molecule has 0 saturated carbocycles. The highest BCUT2D eigenvalue weighted by Gasteiger charge is 2.28. The number of nitrogens with zero attached hydrogens (tertiary/aromatic N) is 2. The average Bonchev–Trinajstić information content (AvgIpc) is 2.78. The first-order valence-electron chi connectivity index (χ1n) is 7.40. The Bertz CT molecular complexity index is 448. The van der Waals surface area contributed by atoms with Crippen LogP contribution in [0.15, 0.2) is 9.95 Å². The number of aromatic nitrogens is 3. The molecule has 0 aliphatic heterocycles. The number of hydrogen-bond donors (Lipinski definition) is 2. The third-order valence-electron chi connectivity index (χ3n) is 3.59. The highest BCUT2D eigenvalue weighted by atomic mass is 32.2. The van der Waals surface area contributed by atoms with Crippen molar-refractivity contribution in [1.29, 1.82) is 0 Å². The van der Waals surface area contributed by atoms with Gasteiger partial charge in [-0.2, -0.15) is 12.6 Å². The van der Waals surface area contributed by atoms with Gasteiger partial charge in [0.05, 0.1) is 0 Å². The van der Waals surface area contributed by atoms with Crippen molar-refractivity contribution < 1.29 is 0 Å². The molecule has 20 heavy (non-hydrogen) atoms. The quantitative estimate of drug-likeness (QED) is 0.538. The van der Waals surface area contributed by atoms with Crippen LogP contribution in [0.2, 0.25) is 0 Å². The standard InChI is InChI=1S/C14H27N3OS2/c1-5-7-14(9-19,8-6-2)10-20-13-16-15-12(18)17(13)11(3)4/h11,19H,5-10H2,1-4H3,(H,15,18). The van der Waals surface area contributed by atoms with Crippen molar-refractivity contribution in [2.45, 2.75) is 64.6 Å². The van der Waals surface area contributed by atoms with Crippen LogP contribution in [0, 0.1) is 5.41 Å². The van der Waals surface area contributed by atoms with E-state index in [1.807, 2.05) is 13.8 Å². The highest BCUT2D eigenvalue weighted by Crippen LogP contribution is 2.36. The Balaban J connectivity index is 2.84. The predicted octanol–water partition coefficient (Wildman–Crippen LogP) is 3.76. The lowest BCUT2D eigenvalue weighted by Gasteiger charge is -2.31. The molecule has 0 bridgehead atoms. The molecule has 0 fully saturated rings. The zero-order chi connectivity index (χ0) is 15.2. The molecule has 0 aromatic carbocycles. The molecule has 1 N–H and O–H groups in total. The van der Waals surface area contributed by atoms with Gasteiger partial charge in [-0.15, -0.1) is 5.10 Å². The van der Waals surface area contributed by atoms with Crippen LogP contribution in [0.25, 0.3) is 0 Å². The van der Waals surface area contributed by atoms with Gasteiger partial charge < -0.3 is 0 Å². The van der Waals surface area contributed by atoms with Crippen molar-refractivity contribution in [3.63, 3.8) is 0 Å². The van der Waals surface area contributed by atoms with Crippen molar-refractivity contribution in [2.75, 3.05) is 11.5 Å². The largest absolute Gasteiger partial charge is 0.344 e. The molecule has 116 valence electrons. The Labute approximate surface area is 131 Å². The van der Waals surface area contributed by atoms with Gasteiger partial charge in [0.2, 0.25) is 0 Å². The van der Waals surface area contributed by atoms with Crippen molar-refractivity contribution in [2.24, 2.45) is 5.41 Å². The lowest BCUT2D eigenvalue weighted by molar-refractivity contribution is 0.318. The third-order valence-corrected chi connectivity index (χ3v) is 5.57. The minimum absolute atomic E-state index is 0.120. The topological polar surface area (TPSA) is 50.7 Å². The predicted molar refractivity (Wildman–Crippen MR) is 90.1 cm³/mol. The fourth-order valence-corrected chi connectivity index (χ4v) is 4.55. The number of nitrogens with one attached hydrogen (secondary N) is 1. The van der Waals surface area contributed by atoms with Crippen LogP contribution >= 0.6 is 24.4 Å². The van der Waals surface area contributed by atoms with Crippen molar-refractivity contribution in [1.82, 2.24) is 14.8 Å². The van der Waals surface area contributed by atoms with Crippen molar-refractivity contribution in [3.8, 4) is 0 Å². The van der Waals surface area contributed by atoms with Crippen LogP contribution in [0.1, 0.15) is 59.4 Å². The molecule has 0 radical (unpaired) electrons. The van der Waals surface area contributed by atoms with Crippen LogP contribution in [-0.2, 0) is 0 Å². The molecule has 1 aromatic heterocycles. The number of aromatic amines is 1. The molecule has 0 spiro atoms. The molecule has 0 saturated heterocycles. The summed E-state index contributed by atoms with van der Waals surface area (Å²) in [4.78, 5) is 11.7. The van der Waals surface area contributed by atoms with E-state index in [-0.39, 0.29) is 17.1 Å². The number of thiol groups is 1. The van der Waals surface area contributed by atoms with E-state index < -0.39 is 0 Å². The van der Waals surface area contributed by atoms with Gasteiger partial charge in [-0.05, 0) is 37.9 Å². The van der Waals surface area contributed by atoms with Crippen LogP contribution in [-0.4, -0.2) is 26.3 Å². The first-order chi connectivity index (χ1) is 9.49. The summed E-state index contributed by atoms with van der Waals surface area (Å²) in [6.45, 7) is 8.45. The highest BCUT2D eigenvalue weighted by molar-refractivity contribution is 7.99. The smallest absolute Gasteiger partial charge is 0.268 e. The average molecular weight is 318 g/mol. The Hall–Kier alpha value is -0.360.